The summed E-state index contributed by atoms with van der Waals surface area (Å²) in [6.07, 6.45) is -4.17. The van der Waals surface area contributed by atoms with Crippen LogP contribution in [0.4, 0.5) is 13.2 Å². The molecule has 0 saturated heterocycles. The van der Waals surface area contributed by atoms with Gasteiger partial charge >= 0.3 is 6.18 Å². The van der Waals surface area contributed by atoms with Gasteiger partial charge in [-0.05, 0) is 0 Å². The summed E-state index contributed by atoms with van der Waals surface area (Å²) in [6.45, 7) is 2.17. The first-order chi connectivity index (χ1) is 9.06. The Balaban J connectivity index is 2.99. The SMILES string of the molecule is COCCOCCOCCOCCNCC(F)(F)F. The Morgan fingerprint density at radius 1 is 0.789 bits per heavy atom. The van der Waals surface area contributed by atoms with E-state index < -0.39 is 12.7 Å². The zero-order valence-electron chi connectivity index (χ0n) is 11.1. The van der Waals surface area contributed by atoms with E-state index in [9.17, 15) is 13.2 Å². The molecule has 0 aliphatic heterocycles. The number of hydrogen-bond donors (Lipinski definition) is 1. The number of ether oxygens (including phenoxy) is 4. The first-order valence-electron chi connectivity index (χ1n) is 6.06. The summed E-state index contributed by atoms with van der Waals surface area (Å²) in [7, 11) is 1.60. The lowest BCUT2D eigenvalue weighted by atomic mass is 10.6. The van der Waals surface area contributed by atoms with Crippen LogP contribution in [0, 0.1) is 0 Å². The first-order valence-corrected chi connectivity index (χ1v) is 6.06. The van der Waals surface area contributed by atoms with Crippen LogP contribution in [0.2, 0.25) is 0 Å². The summed E-state index contributed by atoms with van der Waals surface area (Å²) in [5.41, 5.74) is 0. The third-order valence-corrected chi connectivity index (χ3v) is 1.92. The highest BCUT2D eigenvalue weighted by atomic mass is 19.4. The minimum Gasteiger partial charge on any atom is -0.382 e. The van der Waals surface area contributed by atoms with Crippen molar-refractivity contribution in [3.63, 3.8) is 0 Å². The summed E-state index contributed by atoms with van der Waals surface area (Å²) in [5, 5.41) is 2.23. The highest BCUT2D eigenvalue weighted by Gasteiger charge is 2.25. The molecule has 0 bridgehead atoms. The number of methoxy groups -OCH3 is 1. The van der Waals surface area contributed by atoms with Gasteiger partial charge in [-0.1, -0.05) is 0 Å². The Morgan fingerprint density at radius 2 is 1.26 bits per heavy atom. The van der Waals surface area contributed by atoms with Crippen molar-refractivity contribution < 1.29 is 32.1 Å². The highest BCUT2D eigenvalue weighted by Crippen LogP contribution is 2.11. The van der Waals surface area contributed by atoms with E-state index in [1.54, 1.807) is 7.11 Å². The van der Waals surface area contributed by atoms with Crippen LogP contribution in [0.5, 0.6) is 0 Å². The van der Waals surface area contributed by atoms with Crippen LogP contribution in [0.1, 0.15) is 0 Å². The van der Waals surface area contributed by atoms with Gasteiger partial charge in [-0.15, -0.1) is 0 Å². The molecule has 5 nitrogen and oxygen atoms in total. The van der Waals surface area contributed by atoms with E-state index in [-0.39, 0.29) is 13.2 Å². The zero-order valence-corrected chi connectivity index (χ0v) is 11.1. The van der Waals surface area contributed by atoms with E-state index in [0.717, 1.165) is 0 Å². The monoisotopic (exact) mass is 289 g/mol. The van der Waals surface area contributed by atoms with Crippen LogP contribution in [-0.2, 0) is 18.9 Å². The van der Waals surface area contributed by atoms with Crippen LogP contribution < -0.4 is 5.32 Å². The van der Waals surface area contributed by atoms with Gasteiger partial charge in [-0.3, -0.25) is 0 Å². The van der Waals surface area contributed by atoms with Crippen molar-refractivity contribution in [2.45, 2.75) is 6.18 Å². The second kappa shape index (κ2) is 12.6. The van der Waals surface area contributed by atoms with E-state index in [4.69, 9.17) is 18.9 Å². The third-order valence-electron chi connectivity index (χ3n) is 1.92. The van der Waals surface area contributed by atoms with Crippen molar-refractivity contribution in [2.75, 3.05) is 66.4 Å². The second-order valence-electron chi connectivity index (χ2n) is 3.62. The maximum Gasteiger partial charge on any atom is 0.401 e. The lowest BCUT2D eigenvalue weighted by Crippen LogP contribution is -2.31. The van der Waals surface area contributed by atoms with Crippen molar-refractivity contribution >= 4 is 0 Å². The van der Waals surface area contributed by atoms with Crippen LogP contribution in [0.15, 0.2) is 0 Å². The third kappa shape index (κ3) is 17.6. The van der Waals surface area contributed by atoms with Gasteiger partial charge in [0.25, 0.3) is 0 Å². The van der Waals surface area contributed by atoms with Crippen molar-refractivity contribution in [1.29, 1.82) is 0 Å². The number of rotatable bonds is 13. The van der Waals surface area contributed by atoms with Crippen LogP contribution in [0.25, 0.3) is 0 Å². The zero-order chi connectivity index (χ0) is 14.4. The predicted molar refractivity (Wildman–Crippen MR) is 63.3 cm³/mol. The second-order valence-corrected chi connectivity index (χ2v) is 3.62. The first kappa shape index (κ1) is 18.6. The maximum absolute atomic E-state index is 11.7. The van der Waals surface area contributed by atoms with Gasteiger partial charge < -0.3 is 24.3 Å². The highest BCUT2D eigenvalue weighted by molar-refractivity contribution is 4.54. The molecular formula is C11H22F3NO4. The molecule has 0 aromatic carbocycles. The van der Waals surface area contributed by atoms with Gasteiger partial charge in [-0.2, -0.15) is 13.2 Å². The minimum atomic E-state index is -4.17. The van der Waals surface area contributed by atoms with Crippen molar-refractivity contribution in [2.24, 2.45) is 0 Å². The molecule has 0 aromatic rings. The molecule has 0 unspecified atom stereocenters. The molecule has 116 valence electrons. The van der Waals surface area contributed by atoms with Gasteiger partial charge in [0, 0.05) is 13.7 Å². The standard InChI is InChI=1S/C11H22F3NO4/c1-16-4-5-18-8-9-19-7-6-17-3-2-15-10-11(12,13)14/h15H,2-10H2,1H3. The molecule has 0 heterocycles. The number of hydrogen-bond acceptors (Lipinski definition) is 5. The van der Waals surface area contributed by atoms with Crippen LogP contribution in [-0.4, -0.2) is 72.6 Å². The Labute approximate surface area is 111 Å². The number of alkyl halides is 3. The summed E-state index contributed by atoms with van der Waals surface area (Å²) in [4.78, 5) is 0. The molecule has 0 aliphatic carbocycles. The summed E-state index contributed by atoms with van der Waals surface area (Å²) in [6, 6.07) is 0. The molecule has 0 radical (unpaired) electrons. The lowest BCUT2D eigenvalue weighted by molar-refractivity contribution is -0.125. The van der Waals surface area contributed by atoms with Crippen LogP contribution in [0.3, 0.4) is 0 Å². The fourth-order valence-electron chi connectivity index (χ4n) is 1.06. The van der Waals surface area contributed by atoms with Gasteiger partial charge in [0.15, 0.2) is 0 Å². The molecule has 0 aromatic heterocycles. The molecule has 0 fully saturated rings. The molecular weight excluding hydrogens is 267 g/mol. The molecule has 8 heteroatoms. The Morgan fingerprint density at radius 3 is 1.74 bits per heavy atom. The van der Waals surface area contributed by atoms with Crippen molar-refractivity contribution in [1.82, 2.24) is 5.32 Å². The average Bonchev–Trinajstić information content (AvgIpc) is 2.34. The Bertz CT molecular complexity index is 193. The average molecular weight is 289 g/mol. The Hall–Kier alpha value is -0.410. The van der Waals surface area contributed by atoms with Gasteiger partial charge in [0.1, 0.15) is 0 Å². The summed E-state index contributed by atoms with van der Waals surface area (Å²) in [5.74, 6) is 0. The molecule has 0 saturated carbocycles. The normalized spacial score (nSPS) is 12.0. The molecule has 1 N–H and O–H groups in total. The smallest absolute Gasteiger partial charge is 0.382 e. The molecule has 19 heavy (non-hydrogen) atoms. The van der Waals surface area contributed by atoms with Crippen LogP contribution >= 0.6 is 0 Å². The van der Waals surface area contributed by atoms with Crippen molar-refractivity contribution in [3.8, 4) is 0 Å². The molecule has 0 aliphatic rings. The Kier molecular flexibility index (Phi) is 12.3. The van der Waals surface area contributed by atoms with Gasteiger partial charge in [0.05, 0.1) is 52.8 Å². The molecule has 0 amide bonds. The minimum absolute atomic E-state index is 0.166. The van der Waals surface area contributed by atoms with E-state index in [1.165, 1.54) is 0 Å². The predicted octanol–water partition coefficient (Wildman–Crippen LogP) is 0.835. The molecule has 0 spiro atoms. The molecule has 0 atom stereocenters. The fraction of sp³-hybridized carbons (Fsp3) is 1.00. The maximum atomic E-state index is 11.7. The van der Waals surface area contributed by atoms with E-state index >= 15 is 0 Å². The van der Waals surface area contributed by atoms with Crippen molar-refractivity contribution in [3.05, 3.63) is 0 Å². The van der Waals surface area contributed by atoms with Gasteiger partial charge in [0.2, 0.25) is 0 Å². The summed E-state index contributed by atoms with van der Waals surface area (Å²) >= 11 is 0. The quantitative estimate of drug-likeness (QED) is 0.509. The number of nitrogens with one attached hydrogen (secondary N) is 1. The van der Waals surface area contributed by atoms with E-state index in [0.29, 0.717) is 39.6 Å². The van der Waals surface area contributed by atoms with E-state index in [1.807, 2.05) is 0 Å². The van der Waals surface area contributed by atoms with E-state index in [2.05, 4.69) is 5.32 Å². The topological polar surface area (TPSA) is 49.0 Å². The summed E-state index contributed by atoms with van der Waals surface area (Å²) < 4.78 is 55.4. The van der Waals surface area contributed by atoms with Gasteiger partial charge in [-0.25, -0.2) is 0 Å². The fourth-order valence-corrected chi connectivity index (χ4v) is 1.06. The largest absolute Gasteiger partial charge is 0.401 e. The number of halogens is 3. The lowest BCUT2D eigenvalue weighted by Gasteiger charge is -2.09. The molecule has 0 rings (SSSR count).